The molecule has 0 atom stereocenters. The molecule has 2 aliphatic rings. The molecule has 3 heterocycles. The second-order valence-corrected chi connectivity index (χ2v) is 16.7. The topological polar surface area (TPSA) is 56.7 Å². The molecular formula is C58H34N4O. The van der Waals surface area contributed by atoms with Crippen molar-refractivity contribution in [3.05, 3.63) is 229 Å². The molecule has 5 heteroatoms. The summed E-state index contributed by atoms with van der Waals surface area (Å²) in [5.74, 6) is 1.87. The van der Waals surface area contributed by atoms with Crippen molar-refractivity contribution < 1.29 is 4.42 Å². The van der Waals surface area contributed by atoms with Gasteiger partial charge in [-0.1, -0.05) is 152 Å². The molecule has 0 radical (unpaired) electrons. The summed E-state index contributed by atoms with van der Waals surface area (Å²) in [7, 11) is 0. The zero-order valence-corrected chi connectivity index (χ0v) is 33.8. The van der Waals surface area contributed by atoms with E-state index in [9.17, 15) is 0 Å². The molecule has 12 aromatic rings. The Morgan fingerprint density at radius 3 is 1.48 bits per heavy atom. The molecule has 0 amide bonds. The predicted octanol–water partition coefficient (Wildman–Crippen LogP) is 14.2. The molecule has 2 aliphatic carbocycles. The van der Waals surface area contributed by atoms with Crippen LogP contribution < -0.4 is 0 Å². The highest BCUT2D eigenvalue weighted by Gasteiger charge is 2.51. The third-order valence-electron chi connectivity index (χ3n) is 13.5. The molecule has 9 aromatic carbocycles. The van der Waals surface area contributed by atoms with Gasteiger partial charge in [0.2, 0.25) is 0 Å². The highest BCUT2D eigenvalue weighted by molar-refractivity contribution is 6.13. The molecule has 63 heavy (non-hydrogen) atoms. The van der Waals surface area contributed by atoms with Crippen LogP contribution in [0.1, 0.15) is 22.3 Å². The van der Waals surface area contributed by atoms with E-state index < -0.39 is 5.41 Å². The van der Waals surface area contributed by atoms with Crippen LogP contribution in [0.5, 0.6) is 0 Å². The minimum Gasteiger partial charge on any atom is -0.456 e. The quantitative estimate of drug-likeness (QED) is 0.178. The average molecular weight is 803 g/mol. The lowest BCUT2D eigenvalue weighted by Gasteiger charge is -2.30. The molecule has 0 saturated heterocycles. The zero-order chi connectivity index (χ0) is 41.2. The van der Waals surface area contributed by atoms with Gasteiger partial charge in [-0.2, -0.15) is 0 Å². The van der Waals surface area contributed by atoms with E-state index in [1.807, 2.05) is 72.8 Å². The van der Waals surface area contributed by atoms with Gasteiger partial charge in [-0.25, -0.2) is 15.0 Å². The Morgan fingerprint density at radius 1 is 0.333 bits per heavy atom. The number of furan rings is 1. The molecule has 0 saturated carbocycles. The Morgan fingerprint density at radius 2 is 0.841 bits per heavy atom. The van der Waals surface area contributed by atoms with Gasteiger partial charge in [0.1, 0.15) is 11.2 Å². The van der Waals surface area contributed by atoms with Gasteiger partial charge in [0.25, 0.3) is 0 Å². The zero-order valence-electron chi connectivity index (χ0n) is 33.8. The van der Waals surface area contributed by atoms with Gasteiger partial charge in [-0.15, -0.1) is 0 Å². The maximum atomic E-state index is 6.54. The first kappa shape index (κ1) is 34.3. The van der Waals surface area contributed by atoms with Crippen LogP contribution in [0.3, 0.4) is 0 Å². The van der Waals surface area contributed by atoms with Crippen LogP contribution in [0, 0.1) is 0 Å². The summed E-state index contributed by atoms with van der Waals surface area (Å²) in [6.45, 7) is 0. The standard InChI is InChI=1S/C58H34N4O/c1-3-15-35(16-4-1)55-59-56(36-17-5-2-6-18-36)61-57(60-55)37-27-29-53-45(31-37)46-32-38(28-30-54(46)63-53)62-51-26-14-10-22-42(51)44-33-43-41-21-9-13-25-49(41)58(50(43)34-52(44)62)47-23-11-7-19-39(47)40-20-8-12-24-48(40)58/h1-34H. The lowest BCUT2D eigenvalue weighted by molar-refractivity contribution is 0.669. The Balaban J connectivity index is 0.991. The van der Waals surface area contributed by atoms with Crippen molar-refractivity contribution >= 4 is 43.7 Å². The van der Waals surface area contributed by atoms with E-state index in [1.54, 1.807) is 0 Å². The summed E-state index contributed by atoms with van der Waals surface area (Å²) in [6, 6.07) is 73.8. The summed E-state index contributed by atoms with van der Waals surface area (Å²) in [5, 5.41) is 4.48. The lowest BCUT2D eigenvalue weighted by Crippen LogP contribution is -2.25. The SMILES string of the molecule is c1ccc(-c2nc(-c3ccccc3)nc(-c3ccc4oc5ccc(-n6c7ccccc7c7cc8c(cc76)C6(c7ccccc7-c7ccccc76)c6ccccc6-8)cc5c4c3)n2)cc1. The highest BCUT2D eigenvalue weighted by Crippen LogP contribution is 2.63. The van der Waals surface area contributed by atoms with Crippen molar-refractivity contribution in [1.29, 1.82) is 0 Å². The van der Waals surface area contributed by atoms with Crippen molar-refractivity contribution in [2.45, 2.75) is 5.41 Å². The van der Waals surface area contributed by atoms with Crippen molar-refractivity contribution in [2.24, 2.45) is 0 Å². The number of benzene rings is 9. The highest BCUT2D eigenvalue weighted by atomic mass is 16.3. The van der Waals surface area contributed by atoms with E-state index in [-0.39, 0.29) is 0 Å². The minimum atomic E-state index is -0.439. The molecule has 0 unspecified atom stereocenters. The van der Waals surface area contributed by atoms with Crippen molar-refractivity contribution in [1.82, 2.24) is 19.5 Å². The van der Waals surface area contributed by atoms with E-state index in [0.29, 0.717) is 17.5 Å². The average Bonchev–Trinajstić information content (AvgIpc) is 4.07. The molecule has 0 N–H and O–H groups in total. The van der Waals surface area contributed by atoms with Gasteiger partial charge in [-0.05, 0) is 99.1 Å². The second kappa shape index (κ2) is 12.8. The monoisotopic (exact) mass is 802 g/mol. The Bertz CT molecular complexity index is 3760. The molecule has 3 aromatic heterocycles. The number of rotatable bonds is 4. The van der Waals surface area contributed by atoms with Crippen LogP contribution in [-0.2, 0) is 5.41 Å². The molecule has 14 rings (SSSR count). The Hall–Kier alpha value is -8.41. The first-order valence-electron chi connectivity index (χ1n) is 21.4. The van der Waals surface area contributed by atoms with E-state index >= 15 is 0 Å². The molecule has 0 aliphatic heterocycles. The van der Waals surface area contributed by atoms with Crippen LogP contribution >= 0.6 is 0 Å². The number of hydrogen-bond donors (Lipinski definition) is 0. The van der Waals surface area contributed by atoms with Gasteiger partial charge in [0.05, 0.1) is 16.4 Å². The van der Waals surface area contributed by atoms with Crippen molar-refractivity contribution in [3.8, 4) is 62.1 Å². The fourth-order valence-electron chi connectivity index (χ4n) is 10.8. The largest absolute Gasteiger partial charge is 0.456 e. The number of nitrogens with zero attached hydrogens (tertiary/aromatic N) is 4. The maximum absolute atomic E-state index is 6.54. The first-order chi connectivity index (χ1) is 31.2. The van der Waals surface area contributed by atoms with E-state index in [1.165, 1.54) is 60.8 Å². The fourth-order valence-corrected chi connectivity index (χ4v) is 10.8. The third kappa shape index (κ3) is 4.73. The minimum absolute atomic E-state index is 0.439. The van der Waals surface area contributed by atoms with Crippen LogP contribution in [-0.4, -0.2) is 19.5 Å². The molecule has 5 nitrogen and oxygen atoms in total. The smallest absolute Gasteiger partial charge is 0.164 e. The number of fused-ring (bicyclic) bond motifs is 16. The van der Waals surface area contributed by atoms with Crippen molar-refractivity contribution in [2.75, 3.05) is 0 Å². The molecule has 0 fully saturated rings. The molecular weight excluding hydrogens is 769 g/mol. The van der Waals surface area contributed by atoms with Gasteiger partial charge in [-0.3, -0.25) is 0 Å². The third-order valence-corrected chi connectivity index (χ3v) is 13.5. The summed E-state index contributed by atoms with van der Waals surface area (Å²) in [4.78, 5) is 15.0. The van der Waals surface area contributed by atoms with E-state index in [0.717, 1.165) is 49.8 Å². The van der Waals surface area contributed by atoms with Crippen molar-refractivity contribution in [3.63, 3.8) is 0 Å². The van der Waals surface area contributed by atoms with Crippen LogP contribution in [0.4, 0.5) is 0 Å². The number of aromatic nitrogens is 4. The summed E-state index contributed by atoms with van der Waals surface area (Å²) < 4.78 is 8.99. The Kier molecular flexibility index (Phi) is 6.97. The first-order valence-corrected chi connectivity index (χ1v) is 21.4. The van der Waals surface area contributed by atoms with Crippen LogP contribution in [0.15, 0.2) is 211 Å². The molecule has 292 valence electrons. The molecule has 0 bridgehead atoms. The predicted molar refractivity (Wildman–Crippen MR) is 254 cm³/mol. The summed E-state index contributed by atoms with van der Waals surface area (Å²) in [5.41, 5.74) is 17.9. The number of para-hydroxylation sites is 1. The van der Waals surface area contributed by atoms with Gasteiger partial charge >= 0.3 is 0 Å². The van der Waals surface area contributed by atoms with Crippen LogP contribution in [0.2, 0.25) is 0 Å². The normalized spacial score (nSPS) is 13.2. The van der Waals surface area contributed by atoms with Gasteiger partial charge in [0.15, 0.2) is 17.5 Å². The Labute approximate surface area is 362 Å². The van der Waals surface area contributed by atoms with E-state index in [4.69, 9.17) is 19.4 Å². The van der Waals surface area contributed by atoms with Crippen LogP contribution in [0.25, 0.3) is 106 Å². The molecule has 1 spiro atoms. The number of hydrogen-bond acceptors (Lipinski definition) is 4. The van der Waals surface area contributed by atoms with Gasteiger partial charge in [0, 0.05) is 43.9 Å². The van der Waals surface area contributed by atoms with Gasteiger partial charge < -0.3 is 8.98 Å². The lowest BCUT2D eigenvalue weighted by atomic mass is 9.70. The fraction of sp³-hybridized carbons (Fsp3) is 0.0172. The maximum Gasteiger partial charge on any atom is 0.164 e. The summed E-state index contributed by atoms with van der Waals surface area (Å²) >= 11 is 0. The summed E-state index contributed by atoms with van der Waals surface area (Å²) in [6.07, 6.45) is 0. The van der Waals surface area contributed by atoms with E-state index in [2.05, 4.69) is 138 Å². The second-order valence-electron chi connectivity index (χ2n) is 16.7.